The van der Waals surface area contributed by atoms with Crippen molar-refractivity contribution in [3.63, 3.8) is 0 Å². The zero-order chi connectivity index (χ0) is 13.1. The number of nitrogens with one attached hydrogen (secondary N) is 1. The smallest absolute Gasteiger partial charge is 0.249 e. The zero-order valence-corrected chi connectivity index (χ0v) is 10.4. The van der Waals surface area contributed by atoms with Crippen molar-refractivity contribution in [3.05, 3.63) is 29.6 Å². The first-order chi connectivity index (χ1) is 7.90. The molecular weight excluding hydrogens is 243 g/mol. The molecule has 0 saturated heterocycles. The largest absolute Gasteiger partial charge is 0.282 e. The van der Waals surface area contributed by atoms with Crippen molar-refractivity contribution >= 4 is 15.7 Å². The van der Waals surface area contributed by atoms with Crippen LogP contribution in [0.2, 0.25) is 0 Å². The van der Waals surface area contributed by atoms with E-state index < -0.39 is 21.1 Å². The standard InChI is InChI=1S/C11H13FN2O2S/c1-3-10(7-13)17(15,16)14-9-5-4-8(2)11(12)6-9/h4-6,10,14H,3H2,1-2H3. The van der Waals surface area contributed by atoms with Gasteiger partial charge in [0.05, 0.1) is 11.8 Å². The minimum atomic E-state index is -3.78. The molecule has 1 aromatic rings. The van der Waals surface area contributed by atoms with Gasteiger partial charge in [-0.2, -0.15) is 5.26 Å². The number of hydrogen-bond acceptors (Lipinski definition) is 3. The molecule has 0 radical (unpaired) electrons. The summed E-state index contributed by atoms with van der Waals surface area (Å²) in [6.07, 6.45) is 0.181. The lowest BCUT2D eigenvalue weighted by Gasteiger charge is -2.11. The van der Waals surface area contributed by atoms with Crippen LogP contribution in [0.3, 0.4) is 0 Å². The van der Waals surface area contributed by atoms with Crippen LogP contribution in [0.1, 0.15) is 18.9 Å². The number of nitriles is 1. The Morgan fingerprint density at radius 1 is 1.53 bits per heavy atom. The molecule has 0 aliphatic heterocycles. The molecule has 0 amide bonds. The highest BCUT2D eigenvalue weighted by Crippen LogP contribution is 2.17. The molecule has 1 rings (SSSR count). The second-order valence-electron chi connectivity index (χ2n) is 3.64. The molecule has 0 aromatic heterocycles. The second kappa shape index (κ2) is 5.15. The molecule has 4 nitrogen and oxygen atoms in total. The van der Waals surface area contributed by atoms with Crippen LogP contribution >= 0.6 is 0 Å². The number of nitrogens with zero attached hydrogens (tertiary/aromatic N) is 1. The van der Waals surface area contributed by atoms with E-state index in [1.165, 1.54) is 12.1 Å². The van der Waals surface area contributed by atoms with Gasteiger partial charge in [-0.05, 0) is 31.0 Å². The molecule has 0 bridgehead atoms. The van der Waals surface area contributed by atoms with Crippen LogP contribution in [-0.2, 0) is 10.0 Å². The summed E-state index contributed by atoms with van der Waals surface area (Å²) < 4.78 is 38.8. The van der Waals surface area contributed by atoms with Gasteiger partial charge >= 0.3 is 0 Å². The molecule has 0 heterocycles. The molecule has 17 heavy (non-hydrogen) atoms. The Balaban J connectivity index is 2.99. The van der Waals surface area contributed by atoms with E-state index >= 15 is 0 Å². The van der Waals surface area contributed by atoms with Crippen LogP contribution in [-0.4, -0.2) is 13.7 Å². The predicted molar refractivity (Wildman–Crippen MR) is 63.4 cm³/mol. The number of sulfonamides is 1. The van der Waals surface area contributed by atoms with Gasteiger partial charge in [0, 0.05) is 0 Å². The minimum absolute atomic E-state index is 0.127. The Morgan fingerprint density at radius 2 is 2.18 bits per heavy atom. The Labute approximate surface area is 100 Å². The topological polar surface area (TPSA) is 70.0 Å². The molecule has 1 unspecified atom stereocenters. The maximum atomic E-state index is 13.2. The van der Waals surface area contributed by atoms with E-state index in [9.17, 15) is 12.8 Å². The summed E-state index contributed by atoms with van der Waals surface area (Å²) in [5.41, 5.74) is 0.557. The normalized spacial score (nSPS) is 12.8. The van der Waals surface area contributed by atoms with Crippen molar-refractivity contribution in [1.82, 2.24) is 0 Å². The Hall–Kier alpha value is -1.61. The number of halogens is 1. The molecule has 0 aliphatic rings. The summed E-state index contributed by atoms with van der Waals surface area (Å²) >= 11 is 0. The summed E-state index contributed by atoms with van der Waals surface area (Å²) in [6.45, 7) is 3.18. The molecule has 92 valence electrons. The van der Waals surface area contributed by atoms with E-state index in [-0.39, 0.29) is 12.1 Å². The van der Waals surface area contributed by atoms with Crippen LogP contribution in [0.4, 0.5) is 10.1 Å². The van der Waals surface area contributed by atoms with Crippen LogP contribution in [0.25, 0.3) is 0 Å². The van der Waals surface area contributed by atoms with E-state index in [4.69, 9.17) is 5.26 Å². The third-order valence-corrected chi connectivity index (χ3v) is 4.03. The fourth-order valence-electron chi connectivity index (χ4n) is 1.27. The van der Waals surface area contributed by atoms with E-state index in [1.807, 2.05) is 0 Å². The number of anilines is 1. The van der Waals surface area contributed by atoms with Crippen LogP contribution in [0, 0.1) is 24.1 Å². The first kappa shape index (κ1) is 13.5. The van der Waals surface area contributed by atoms with Gasteiger partial charge in [0.1, 0.15) is 5.82 Å². The number of hydrogen-bond donors (Lipinski definition) is 1. The monoisotopic (exact) mass is 256 g/mol. The summed E-state index contributed by atoms with van der Waals surface area (Å²) in [7, 11) is -3.78. The van der Waals surface area contributed by atoms with Crippen LogP contribution < -0.4 is 4.72 Å². The summed E-state index contributed by atoms with van der Waals surface area (Å²) in [4.78, 5) is 0. The van der Waals surface area contributed by atoms with Crippen molar-refractivity contribution in [2.45, 2.75) is 25.5 Å². The van der Waals surface area contributed by atoms with E-state index in [0.717, 1.165) is 6.07 Å². The average Bonchev–Trinajstić information content (AvgIpc) is 2.24. The molecular formula is C11H13FN2O2S. The molecule has 0 spiro atoms. The van der Waals surface area contributed by atoms with Gasteiger partial charge in [0.25, 0.3) is 0 Å². The van der Waals surface area contributed by atoms with Gasteiger partial charge in [-0.25, -0.2) is 12.8 Å². The molecule has 6 heteroatoms. The highest BCUT2D eigenvalue weighted by Gasteiger charge is 2.23. The predicted octanol–water partition coefficient (Wildman–Crippen LogP) is 2.18. The van der Waals surface area contributed by atoms with Crippen molar-refractivity contribution in [2.75, 3.05) is 4.72 Å². The number of benzene rings is 1. The lowest BCUT2D eigenvalue weighted by Crippen LogP contribution is -2.26. The third kappa shape index (κ3) is 3.17. The van der Waals surface area contributed by atoms with Gasteiger partial charge in [0.2, 0.25) is 10.0 Å². The Bertz CT molecular complexity index is 549. The van der Waals surface area contributed by atoms with Crippen molar-refractivity contribution in [3.8, 4) is 6.07 Å². The minimum Gasteiger partial charge on any atom is -0.282 e. The average molecular weight is 256 g/mol. The van der Waals surface area contributed by atoms with Crippen molar-refractivity contribution < 1.29 is 12.8 Å². The van der Waals surface area contributed by atoms with Gasteiger partial charge in [0.15, 0.2) is 5.25 Å². The van der Waals surface area contributed by atoms with Crippen molar-refractivity contribution in [2.24, 2.45) is 0 Å². The number of rotatable bonds is 4. The molecule has 1 aromatic carbocycles. The number of aryl methyl sites for hydroxylation is 1. The molecule has 0 saturated carbocycles. The quantitative estimate of drug-likeness (QED) is 0.897. The SMILES string of the molecule is CCC(C#N)S(=O)(=O)Nc1ccc(C)c(F)c1. The third-order valence-electron chi connectivity index (χ3n) is 2.32. The molecule has 0 fully saturated rings. The van der Waals surface area contributed by atoms with Crippen LogP contribution in [0.15, 0.2) is 18.2 Å². The maximum Gasteiger partial charge on any atom is 0.249 e. The van der Waals surface area contributed by atoms with Gasteiger partial charge in [-0.1, -0.05) is 13.0 Å². The molecule has 0 aliphatic carbocycles. The van der Waals surface area contributed by atoms with E-state index in [2.05, 4.69) is 4.72 Å². The summed E-state index contributed by atoms with van der Waals surface area (Å²) in [5, 5.41) is 7.56. The highest BCUT2D eigenvalue weighted by molar-refractivity contribution is 7.93. The summed E-state index contributed by atoms with van der Waals surface area (Å²) in [6, 6.07) is 5.72. The second-order valence-corrected chi connectivity index (χ2v) is 5.50. The molecule has 1 N–H and O–H groups in total. The lowest BCUT2D eigenvalue weighted by molar-refractivity contribution is 0.592. The maximum absolute atomic E-state index is 13.2. The van der Waals surface area contributed by atoms with Gasteiger partial charge < -0.3 is 0 Å². The fourth-order valence-corrected chi connectivity index (χ4v) is 2.45. The zero-order valence-electron chi connectivity index (χ0n) is 9.57. The Kier molecular flexibility index (Phi) is 4.07. The van der Waals surface area contributed by atoms with Crippen LogP contribution in [0.5, 0.6) is 0 Å². The first-order valence-corrected chi connectivity index (χ1v) is 6.62. The van der Waals surface area contributed by atoms with Crippen molar-refractivity contribution in [1.29, 1.82) is 5.26 Å². The Morgan fingerprint density at radius 3 is 2.65 bits per heavy atom. The fraction of sp³-hybridized carbons (Fsp3) is 0.364. The van der Waals surface area contributed by atoms with E-state index in [0.29, 0.717) is 5.56 Å². The highest BCUT2D eigenvalue weighted by atomic mass is 32.2. The van der Waals surface area contributed by atoms with Gasteiger partial charge in [-0.15, -0.1) is 0 Å². The molecule has 1 atom stereocenters. The first-order valence-electron chi connectivity index (χ1n) is 5.08. The van der Waals surface area contributed by atoms with Gasteiger partial charge in [-0.3, -0.25) is 4.72 Å². The van der Waals surface area contributed by atoms with E-state index in [1.54, 1.807) is 19.9 Å². The summed E-state index contributed by atoms with van der Waals surface area (Å²) in [5.74, 6) is -0.491. The lowest BCUT2D eigenvalue weighted by atomic mass is 10.2.